The lowest BCUT2D eigenvalue weighted by molar-refractivity contribution is -0.384. The summed E-state index contributed by atoms with van der Waals surface area (Å²) in [5.74, 6) is -0.478. The number of ether oxygens (including phenoxy) is 1. The van der Waals surface area contributed by atoms with Gasteiger partial charge in [-0.1, -0.05) is 6.07 Å². The van der Waals surface area contributed by atoms with Gasteiger partial charge in [0, 0.05) is 12.1 Å². The zero-order chi connectivity index (χ0) is 11.5. The van der Waals surface area contributed by atoms with Gasteiger partial charge in [-0.05, 0) is 25.3 Å². The van der Waals surface area contributed by atoms with Gasteiger partial charge in [0.15, 0.2) is 0 Å². The highest BCUT2D eigenvalue weighted by Crippen LogP contribution is 2.23. The molecular weight excluding hydrogens is 210 g/mol. The van der Waals surface area contributed by atoms with Gasteiger partial charge >= 0.3 is 5.97 Å². The maximum absolute atomic E-state index is 11.6. The van der Waals surface area contributed by atoms with Gasteiger partial charge in [-0.2, -0.15) is 0 Å². The van der Waals surface area contributed by atoms with Crippen molar-refractivity contribution in [3.8, 4) is 0 Å². The number of non-ortho nitro benzene ring substituents is 1. The molecule has 2 rings (SSSR count). The Morgan fingerprint density at radius 2 is 2.19 bits per heavy atom. The zero-order valence-electron chi connectivity index (χ0n) is 8.59. The molecule has 1 aromatic rings. The second-order valence-corrected chi connectivity index (χ2v) is 3.77. The second kappa shape index (κ2) is 4.30. The molecule has 5 nitrogen and oxygen atoms in total. The molecule has 0 spiro atoms. The first-order valence-electron chi connectivity index (χ1n) is 5.12. The van der Waals surface area contributed by atoms with E-state index in [1.165, 1.54) is 24.3 Å². The van der Waals surface area contributed by atoms with Crippen LogP contribution in [0.2, 0.25) is 0 Å². The van der Waals surface area contributed by atoms with Crippen LogP contribution in [0.4, 0.5) is 5.69 Å². The fourth-order valence-corrected chi connectivity index (χ4v) is 1.45. The molecular formula is C11H11NO4. The minimum absolute atomic E-state index is 0.00763. The number of carbonyl (C=O) groups is 1. The zero-order valence-corrected chi connectivity index (χ0v) is 8.59. The molecule has 0 aromatic heterocycles. The minimum Gasteiger partial charge on any atom is -0.459 e. The Morgan fingerprint density at radius 3 is 2.75 bits per heavy atom. The van der Waals surface area contributed by atoms with E-state index in [2.05, 4.69) is 0 Å². The van der Waals surface area contributed by atoms with Crippen molar-refractivity contribution in [3.63, 3.8) is 0 Å². The Morgan fingerprint density at radius 1 is 1.44 bits per heavy atom. The van der Waals surface area contributed by atoms with Crippen molar-refractivity contribution in [3.05, 3.63) is 39.9 Å². The first-order chi connectivity index (χ1) is 7.66. The van der Waals surface area contributed by atoms with Gasteiger partial charge < -0.3 is 4.74 Å². The predicted molar refractivity (Wildman–Crippen MR) is 56.2 cm³/mol. The number of hydrogen-bond donors (Lipinski definition) is 0. The third kappa shape index (κ3) is 2.18. The molecule has 1 saturated carbocycles. The second-order valence-electron chi connectivity index (χ2n) is 3.77. The summed E-state index contributed by atoms with van der Waals surface area (Å²) in [4.78, 5) is 21.6. The van der Waals surface area contributed by atoms with E-state index in [9.17, 15) is 14.9 Å². The van der Waals surface area contributed by atoms with Crippen LogP contribution in [-0.4, -0.2) is 17.0 Å². The lowest BCUT2D eigenvalue weighted by Crippen LogP contribution is -2.25. The number of carbonyl (C=O) groups excluding carboxylic acids is 1. The molecule has 1 fully saturated rings. The molecule has 1 aromatic carbocycles. The molecule has 5 heteroatoms. The van der Waals surface area contributed by atoms with E-state index in [1.807, 2.05) is 0 Å². The number of hydrogen-bond acceptors (Lipinski definition) is 4. The van der Waals surface area contributed by atoms with Crippen molar-refractivity contribution in [1.29, 1.82) is 0 Å². The Kier molecular flexibility index (Phi) is 2.85. The summed E-state index contributed by atoms with van der Waals surface area (Å²) in [5, 5.41) is 10.5. The van der Waals surface area contributed by atoms with E-state index in [0.29, 0.717) is 0 Å². The summed E-state index contributed by atoms with van der Waals surface area (Å²) >= 11 is 0. The number of nitrogens with zero attached hydrogens (tertiary/aromatic N) is 1. The van der Waals surface area contributed by atoms with E-state index in [0.717, 1.165) is 19.3 Å². The van der Waals surface area contributed by atoms with Gasteiger partial charge in [0.25, 0.3) is 5.69 Å². The SMILES string of the molecule is O=C(OC1CCC1)c1cccc([N+](=O)[O-])c1. The number of nitro groups is 1. The summed E-state index contributed by atoms with van der Waals surface area (Å²) in [6.07, 6.45) is 2.85. The van der Waals surface area contributed by atoms with Gasteiger partial charge in [0.2, 0.25) is 0 Å². The fourth-order valence-electron chi connectivity index (χ4n) is 1.45. The third-order valence-corrected chi connectivity index (χ3v) is 2.62. The highest BCUT2D eigenvalue weighted by Gasteiger charge is 2.23. The minimum atomic E-state index is -0.528. The molecule has 0 unspecified atom stereocenters. The monoisotopic (exact) mass is 221 g/mol. The normalized spacial score (nSPS) is 15.2. The average Bonchev–Trinajstić information content (AvgIpc) is 2.23. The Hall–Kier alpha value is -1.91. The lowest BCUT2D eigenvalue weighted by atomic mass is 9.96. The molecule has 0 saturated heterocycles. The molecule has 0 aliphatic heterocycles. The maximum Gasteiger partial charge on any atom is 0.338 e. The van der Waals surface area contributed by atoms with Crippen LogP contribution < -0.4 is 0 Å². The molecule has 0 bridgehead atoms. The average molecular weight is 221 g/mol. The van der Waals surface area contributed by atoms with E-state index in [-0.39, 0.29) is 17.4 Å². The molecule has 16 heavy (non-hydrogen) atoms. The molecule has 1 aliphatic carbocycles. The van der Waals surface area contributed by atoms with Crippen LogP contribution in [0.1, 0.15) is 29.6 Å². The number of esters is 1. The van der Waals surface area contributed by atoms with E-state index < -0.39 is 10.9 Å². The van der Waals surface area contributed by atoms with Crippen molar-refractivity contribution in [2.75, 3.05) is 0 Å². The predicted octanol–water partition coefficient (Wildman–Crippen LogP) is 2.30. The first kappa shape index (κ1) is 10.6. The van der Waals surface area contributed by atoms with E-state index in [1.54, 1.807) is 0 Å². The topological polar surface area (TPSA) is 69.4 Å². The van der Waals surface area contributed by atoms with Crippen LogP contribution in [0.3, 0.4) is 0 Å². The largest absolute Gasteiger partial charge is 0.459 e. The number of benzene rings is 1. The molecule has 84 valence electrons. The van der Waals surface area contributed by atoms with Gasteiger partial charge in [0.05, 0.1) is 10.5 Å². The van der Waals surface area contributed by atoms with Crippen LogP contribution in [0.25, 0.3) is 0 Å². The molecule has 0 atom stereocenters. The quantitative estimate of drug-likeness (QED) is 0.446. The molecule has 0 radical (unpaired) electrons. The van der Waals surface area contributed by atoms with Crippen LogP contribution >= 0.6 is 0 Å². The van der Waals surface area contributed by atoms with Crippen molar-refractivity contribution >= 4 is 11.7 Å². The van der Waals surface area contributed by atoms with E-state index >= 15 is 0 Å². The van der Waals surface area contributed by atoms with Crippen molar-refractivity contribution in [2.45, 2.75) is 25.4 Å². The molecule has 0 N–H and O–H groups in total. The van der Waals surface area contributed by atoms with Gasteiger partial charge in [-0.3, -0.25) is 10.1 Å². The smallest absolute Gasteiger partial charge is 0.338 e. The Labute approximate surface area is 92.2 Å². The Bertz CT molecular complexity index is 426. The highest BCUT2D eigenvalue weighted by atomic mass is 16.6. The van der Waals surface area contributed by atoms with Crippen LogP contribution in [-0.2, 0) is 4.74 Å². The van der Waals surface area contributed by atoms with Crippen LogP contribution in [0.5, 0.6) is 0 Å². The van der Waals surface area contributed by atoms with Crippen LogP contribution in [0.15, 0.2) is 24.3 Å². The van der Waals surface area contributed by atoms with E-state index in [4.69, 9.17) is 4.74 Å². The van der Waals surface area contributed by atoms with Gasteiger partial charge in [-0.25, -0.2) is 4.79 Å². The maximum atomic E-state index is 11.6. The third-order valence-electron chi connectivity index (χ3n) is 2.62. The Balaban J connectivity index is 2.09. The summed E-state index contributed by atoms with van der Waals surface area (Å²) in [7, 11) is 0. The molecule has 1 aliphatic rings. The standard InChI is InChI=1S/C11H11NO4/c13-11(16-10-5-2-6-10)8-3-1-4-9(7-8)12(14)15/h1,3-4,7,10H,2,5-6H2. The van der Waals surface area contributed by atoms with Crippen molar-refractivity contribution in [2.24, 2.45) is 0 Å². The summed E-state index contributed by atoms with van der Waals surface area (Å²) < 4.78 is 5.15. The van der Waals surface area contributed by atoms with Crippen molar-refractivity contribution in [1.82, 2.24) is 0 Å². The fraction of sp³-hybridized carbons (Fsp3) is 0.364. The van der Waals surface area contributed by atoms with Crippen LogP contribution in [0, 0.1) is 10.1 Å². The van der Waals surface area contributed by atoms with Gasteiger partial charge in [0.1, 0.15) is 6.10 Å². The van der Waals surface area contributed by atoms with Gasteiger partial charge in [-0.15, -0.1) is 0 Å². The lowest BCUT2D eigenvalue weighted by Gasteiger charge is -2.25. The highest BCUT2D eigenvalue weighted by molar-refractivity contribution is 5.90. The summed E-state index contributed by atoms with van der Waals surface area (Å²) in [6, 6.07) is 5.59. The number of nitro benzene ring substituents is 1. The molecule has 0 heterocycles. The molecule has 0 amide bonds. The first-order valence-corrected chi connectivity index (χ1v) is 5.12. The van der Waals surface area contributed by atoms with Crippen molar-refractivity contribution < 1.29 is 14.5 Å². The number of rotatable bonds is 3. The summed E-state index contributed by atoms with van der Waals surface area (Å²) in [6.45, 7) is 0. The summed E-state index contributed by atoms with van der Waals surface area (Å²) in [5.41, 5.74) is 0.143.